The van der Waals surface area contributed by atoms with E-state index in [1.54, 1.807) is 12.1 Å². The Morgan fingerprint density at radius 2 is 0.846 bits per heavy atom. The van der Waals surface area contributed by atoms with Gasteiger partial charge in [0.2, 0.25) is 0 Å². The Morgan fingerprint density at radius 3 is 1.13 bits per heavy atom. The first-order valence-electron chi connectivity index (χ1n) is 14.2. The van der Waals surface area contributed by atoms with E-state index in [0.29, 0.717) is 8.80 Å². The minimum absolute atomic E-state index is 0.191. The lowest BCUT2D eigenvalue weighted by molar-refractivity contribution is -0.143. The Labute approximate surface area is 275 Å². The third-order valence-corrected chi connectivity index (χ3v) is 8.90. The van der Waals surface area contributed by atoms with Crippen molar-refractivity contribution in [2.45, 2.75) is 24.7 Å². The van der Waals surface area contributed by atoms with Gasteiger partial charge in [0.15, 0.2) is 0 Å². The number of halogens is 12. The highest BCUT2D eigenvalue weighted by Gasteiger charge is 2.41. The number of aromatic nitrogens is 4. The average Bonchev–Trinajstić information content (AvgIpc) is 3.62. The van der Waals surface area contributed by atoms with E-state index in [9.17, 15) is 72.8 Å². The Kier molecular flexibility index (Phi) is 6.08. The maximum absolute atomic E-state index is 14.2. The van der Waals surface area contributed by atoms with Gasteiger partial charge in [-0.25, -0.2) is 0 Å². The highest BCUT2D eigenvalue weighted by atomic mass is 19.4. The fraction of sp³-hybridized carbons (Fsp3) is 0.125. The normalized spacial score (nSPS) is 13.5. The largest absolute Gasteiger partial charge is 0.418 e. The van der Waals surface area contributed by atoms with Gasteiger partial charge in [0.1, 0.15) is 11.3 Å². The van der Waals surface area contributed by atoms with Crippen molar-refractivity contribution in [3.63, 3.8) is 0 Å². The predicted octanol–water partition coefficient (Wildman–Crippen LogP) is 8.59. The van der Waals surface area contributed by atoms with Gasteiger partial charge in [0.05, 0.1) is 78.4 Å². The fourth-order valence-electron chi connectivity index (χ4n) is 6.89. The Bertz CT molecular complexity index is 2930. The van der Waals surface area contributed by atoms with Crippen LogP contribution in [0.5, 0.6) is 0 Å². The van der Waals surface area contributed by atoms with Crippen molar-refractivity contribution in [3.8, 4) is 12.1 Å². The number of imidazole rings is 2. The molecule has 20 heteroatoms. The van der Waals surface area contributed by atoms with Crippen LogP contribution in [0.1, 0.15) is 33.4 Å². The summed E-state index contributed by atoms with van der Waals surface area (Å²) in [6.45, 7) is 0. The van der Waals surface area contributed by atoms with Crippen LogP contribution in [0, 0.1) is 22.7 Å². The summed E-state index contributed by atoms with van der Waals surface area (Å²) in [5.74, 6) is 0. The molecule has 52 heavy (non-hydrogen) atoms. The minimum atomic E-state index is -5.42. The second-order valence-corrected chi connectivity index (χ2v) is 11.7. The molecule has 4 aromatic carbocycles. The summed E-state index contributed by atoms with van der Waals surface area (Å²) in [5, 5.41) is 17.5. The number of rotatable bonds is 0. The molecule has 0 radical (unpaired) electrons. The molecule has 8 nitrogen and oxygen atoms in total. The number of nitrogens with one attached hydrogen (secondary N) is 2. The second kappa shape index (κ2) is 9.66. The standard InChI is InChI=1S/C32H8F12N6O2/c33-29(34,35)11-3-15(31(39,40)41)23-17(5-11)49-26(48-23)20-10(8-46)2-14-22-19(9(7-45)1-13(21(20)22)27(49)51)25-47-24-16(32(42,43)44)4-12(30(36,37)38)6-18(24)50(25)28(14)52/h1-6,47-48H. The summed E-state index contributed by atoms with van der Waals surface area (Å²) in [5.41, 5.74) is -16.2. The molecule has 0 amide bonds. The predicted molar refractivity (Wildman–Crippen MR) is 158 cm³/mol. The third-order valence-electron chi connectivity index (χ3n) is 8.90. The first kappa shape index (κ1) is 32.7. The van der Waals surface area contributed by atoms with Crippen LogP contribution in [0.25, 0.3) is 65.7 Å². The number of hydrogen-bond acceptors (Lipinski definition) is 4. The van der Waals surface area contributed by atoms with Gasteiger partial charge in [-0.3, -0.25) is 18.4 Å². The van der Waals surface area contributed by atoms with Crippen LogP contribution < -0.4 is 11.1 Å². The first-order valence-corrected chi connectivity index (χ1v) is 14.2. The summed E-state index contributed by atoms with van der Waals surface area (Å²) >= 11 is 0. The number of fused-ring (bicyclic) bond motifs is 8. The summed E-state index contributed by atoms with van der Waals surface area (Å²) in [6, 6.07) is 5.11. The number of aromatic amines is 2. The van der Waals surface area contributed by atoms with Crippen molar-refractivity contribution in [1.29, 1.82) is 10.5 Å². The van der Waals surface area contributed by atoms with E-state index in [-0.39, 0.29) is 24.3 Å². The molecule has 0 fully saturated rings. The molecule has 0 atom stereocenters. The zero-order valence-corrected chi connectivity index (χ0v) is 24.6. The maximum atomic E-state index is 14.2. The molecule has 4 aromatic heterocycles. The van der Waals surface area contributed by atoms with E-state index >= 15 is 0 Å². The van der Waals surface area contributed by atoms with Crippen molar-refractivity contribution in [3.05, 3.63) is 90.5 Å². The van der Waals surface area contributed by atoms with E-state index in [4.69, 9.17) is 0 Å². The van der Waals surface area contributed by atoms with E-state index in [1.807, 2.05) is 0 Å². The number of hydrogen-bond donors (Lipinski definition) is 2. The number of H-pyrrole nitrogens is 2. The van der Waals surface area contributed by atoms with Crippen molar-refractivity contribution < 1.29 is 52.7 Å². The van der Waals surface area contributed by atoms with Gasteiger partial charge in [0.25, 0.3) is 11.1 Å². The maximum Gasteiger partial charge on any atom is 0.418 e. The first-order chi connectivity index (χ1) is 24.1. The van der Waals surface area contributed by atoms with Gasteiger partial charge in [0, 0.05) is 21.5 Å². The second-order valence-electron chi connectivity index (χ2n) is 11.7. The topological polar surface area (TPSA) is 122 Å². The van der Waals surface area contributed by atoms with E-state index in [1.165, 1.54) is 0 Å². The zero-order chi connectivity index (χ0) is 37.8. The fourth-order valence-corrected chi connectivity index (χ4v) is 6.89. The molecule has 0 unspecified atom stereocenters. The molecule has 0 aliphatic rings. The Morgan fingerprint density at radius 1 is 0.500 bits per heavy atom. The summed E-state index contributed by atoms with van der Waals surface area (Å²) < 4.78 is 169. The lowest BCUT2D eigenvalue weighted by Crippen LogP contribution is -2.18. The van der Waals surface area contributed by atoms with Gasteiger partial charge in [-0.15, -0.1) is 0 Å². The van der Waals surface area contributed by atoms with Crippen LogP contribution in [-0.2, 0) is 24.7 Å². The van der Waals surface area contributed by atoms with Crippen molar-refractivity contribution in [2.75, 3.05) is 0 Å². The van der Waals surface area contributed by atoms with Crippen LogP contribution >= 0.6 is 0 Å². The third kappa shape index (κ3) is 4.17. The number of nitriles is 2. The van der Waals surface area contributed by atoms with Gasteiger partial charge in [-0.2, -0.15) is 63.2 Å². The van der Waals surface area contributed by atoms with Crippen LogP contribution in [-0.4, -0.2) is 18.8 Å². The van der Waals surface area contributed by atoms with Crippen LogP contribution in [0.4, 0.5) is 52.7 Å². The van der Waals surface area contributed by atoms with E-state index < -0.39 is 135 Å². The molecule has 0 spiro atoms. The molecule has 0 saturated heterocycles. The molecule has 8 rings (SSSR count). The summed E-state index contributed by atoms with van der Waals surface area (Å²) in [4.78, 5) is 32.8. The van der Waals surface area contributed by atoms with Crippen molar-refractivity contribution in [1.82, 2.24) is 18.8 Å². The highest BCUT2D eigenvalue weighted by molar-refractivity contribution is 6.30. The molecule has 0 saturated carbocycles. The van der Waals surface area contributed by atoms with Crippen LogP contribution in [0.3, 0.4) is 0 Å². The number of pyridine rings is 2. The van der Waals surface area contributed by atoms with Crippen LogP contribution in [0.2, 0.25) is 0 Å². The Balaban J connectivity index is 1.68. The van der Waals surface area contributed by atoms with E-state index in [2.05, 4.69) is 9.97 Å². The summed E-state index contributed by atoms with van der Waals surface area (Å²) in [6.07, 6.45) is -21.5. The monoisotopic (exact) mass is 736 g/mol. The number of alkyl halides is 12. The molecule has 262 valence electrons. The zero-order valence-electron chi connectivity index (χ0n) is 24.6. The van der Waals surface area contributed by atoms with Gasteiger partial charge in [-0.1, -0.05) is 0 Å². The molecule has 0 aliphatic carbocycles. The number of nitrogens with zero attached hydrogens (tertiary/aromatic N) is 4. The molecular formula is C32H8F12N6O2. The average molecular weight is 736 g/mol. The van der Waals surface area contributed by atoms with Gasteiger partial charge < -0.3 is 9.97 Å². The van der Waals surface area contributed by atoms with Gasteiger partial charge in [-0.05, 0) is 36.4 Å². The molecular weight excluding hydrogens is 728 g/mol. The van der Waals surface area contributed by atoms with Crippen molar-refractivity contribution >= 4 is 65.7 Å². The van der Waals surface area contributed by atoms with Crippen LogP contribution in [0.15, 0.2) is 46.0 Å². The van der Waals surface area contributed by atoms with Crippen molar-refractivity contribution in [2.24, 2.45) is 0 Å². The SMILES string of the molecule is N#Cc1cc2c(=O)n3c4cc(C(F)(F)F)cc(C(F)(F)F)c4[nH]c3c3c(C#N)cc4c(=O)n5c6cc(C(F)(F)F)cc(C(F)(F)F)c6[nH]c5c1c4c23. The molecule has 0 aliphatic heterocycles. The molecule has 8 aromatic rings. The lowest BCUT2D eigenvalue weighted by atomic mass is 9.91. The smallest absolute Gasteiger partial charge is 0.338 e. The summed E-state index contributed by atoms with van der Waals surface area (Å²) in [7, 11) is 0. The highest BCUT2D eigenvalue weighted by Crippen LogP contribution is 2.45. The molecule has 0 bridgehead atoms. The number of benzene rings is 4. The molecule has 4 heterocycles. The quantitative estimate of drug-likeness (QED) is 0.120. The lowest BCUT2D eigenvalue weighted by Gasteiger charge is -2.15. The minimum Gasteiger partial charge on any atom is -0.338 e. The van der Waals surface area contributed by atoms with E-state index in [0.717, 1.165) is 12.1 Å². The molecule has 2 N–H and O–H groups in total. The Hall–Kier alpha value is -6.44. The van der Waals surface area contributed by atoms with Gasteiger partial charge >= 0.3 is 24.7 Å².